The minimum Gasteiger partial charge on any atom is -0.335 e. The summed E-state index contributed by atoms with van der Waals surface area (Å²) in [6.45, 7) is 5.47. The zero-order chi connectivity index (χ0) is 22.0. The van der Waals surface area contributed by atoms with Gasteiger partial charge in [0.1, 0.15) is 5.82 Å². The number of hydrogen-bond donors (Lipinski definition) is 2. The molecule has 1 aromatic heterocycles. The lowest BCUT2D eigenvalue weighted by Gasteiger charge is -2.41. The van der Waals surface area contributed by atoms with Crippen molar-refractivity contribution in [2.45, 2.75) is 45.2 Å². The zero-order valence-electron chi connectivity index (χ0n) is 17.8. The van der Waals surface area contributed by atoms with Crippen molar-refractivity contribution in [3.8, 4) is 0 Å². The molecule has 1 saturated heterocycles. The Bertz CT molecular complexity index is 1150. The molecular formula is C24H27FN4O2. The highest BCUT2D eigenvalue weighted by Crippen LogP contribution is 2.21. The van der Waals surface area contributed by atoms with E-state index in [1.807, 2.05) is 12.1 Å². The Morgan fingerprint density at radius 1 is 1.26 bits per heavy atom. The summed E-state index contributed by atoms with van der Waals surface area (Å²) in [4.78, 5) is 26.5. The van der Waals surface area contributed by atoms with E-state index in [1.54, 1.807) is 29.2 Å². The van der Waals surface area contributed by atoms with Crippen LogP contribution in [0.25, 0.3) is 10.8 Å². The minimum atomic E-state index is -0.524. The molecule has 1 aliphatic heterocycles. The van der Waals surface area contributed by atoms with Crippen LogP contribution in [0.1, 0.15) is 48.3 Å². The fraction of sp³-hybridized carbons (Fsp3) is 0.375. The number of rotatable bonds is 7. The van der Waals surface area contributed by atoms with Crippen molar-refractivity contribution >= 4 is 16.7 Å². The molecule has 0 aliphatic carbocycles. The molecule has 2 N–H and O–H groups in total. The molecule has 2 heterocycles. The van der Waals surface area contributed by atoms with Gasteiger partial charge in [0, 0.05) is 37.0 Å². The molecule has 0 saturated carbocycles. The first kappa shape index (κ1) is 21.2. The van der Waals surface area contributed by atoms with Gasteiger partial charge in [0.25, 0.3) is 11.5 Å². The van der Waals surface area contributed by atoms with Crippen LogP contribution >= 0.6 is 0 Å². The van der Waals surface area contributed by atoms with Crippen molar-refractivity contribution in [1.29, 1.82) is 0 Å². The van der Waals surface area contributed by atoms with Crippen LogP contribution in [-0.2, 0) is 6.42 Å². The van der Waals surface area contributed by atoms with E-state index in [1.165, 1.54) is 6.07 Å². The average Bonchev–Trinajstić information content (AvgIpc) is 2.73. The highest BCUT2D eigenvalue weighted by atomic mass is 19.1. The number of nitrogens with one attached hydrogen (secondary N) is 2. The number of nitrogens with zero attached hydrogens (tertiary/aromatic N) is 2. The Morgan fingerprint density at radius 3 is 2.74 bits per heavy atom. The third-order valence-electron chi connectivity index (χ3n) is 5.82. The van der Waals surface area contributed by atoms with Crippen LogP contribution in [0.15, 0.2) is 47.3 Å². The molecule has 0 spiro atoms. The Hall–Kier alpha value is -3.06. The maximum atomic E-state index is 14.5. The van der Waals surface area contributed by atoms with Crippen LogP contribution in [0.4, 0.5) is 4.39 Å². The minimum absolute atomic E-state index is 0.0753. The van der Waals surface area contributed by atoms with Crippen molar-refractivity contribution < 1.29 is 9.18 Å². The van der Waals surface area contributed by atoms with E-state index in [0.717, 1.165) is 23.8 Å². The third kappa shape index (κ3) is 4.51. The molecule has 2 aromatic carbocycles. The fourth-order valence-corrected chi connectivity index (χ4v) is 4.18. The largest absolute Gasteiger partial charge is 0.335 e. The Balaban J connectivity index is 1.49. The molecule has 1 atom stereocenters. The van der Waals surface area contributed by atoms with Gasteiger partial charge in [-0.25, -0.2) is 9.49 Å². The number of aromatic amines is 1. The number of H-pyrrole nitrogens is 1. The summed E-state index contributed by atoms with van der Waals surface area (Å²) >= 11 is 0. The number of fused-ring (bicyclic) bond motifs is 1. The summed E-state index contributed by atoms with van der Waals surface area (Å²) < 4.78 is 14.5. The number of aromatic nitrogens is 2. The van der Waals surface area contributed by atoms with Gasteiger partial charge in [-0.2, -0.15) is 5.10 Å². The average molecular weight is 423 g/mol. The number of carbonyl (C=O) groups excluding carboxylic acids is 1. The molecule has 31 heavy (non-hydrogen) atoms. The van der Waals surface area contributed by atoms with Crippen molar-refractivity contribution in [2.24, 2.45) is 0 Å². The smallest absolute Gasteiger partial charge is 0.272 e. The second-order valence-electron chi connectivity index (χ2n) is 8.30. The SMILES string of the molecule is CCCC(C)NC1CN(C(=O)c2cc(Cc3n[nH]c(=O)c4ccccc34)ccc2F)C1. The molecule has 1 fully saturated rings. The Morgan fingerprint density at radius 2 is 2.00 bits per heavy atom. The molecule has 6 nitrogen and oxygen atoms in total. The molecule has 0 bridgehead atoms. The lowest BCUT2D eigenvalue weighted by Crippen LogP contribution is -2.61. The summed E-state index contributed by atoms with van der Waals surface area (Å²) in [5.74, 6) is -0.816. The molecule has 1 amide bonds. The highest BCUT2D eigenvalue weighted by Gasteiger charge is 2.32. The van der Waals surface area contributed by atoms with E-state index in [2.05, 4.69) is 29.4 Å². The van der Waals surface area contributed by atoms with Crippen molar-refractivity contribution in [3.05, 3.63) is 75.5 Å². The van der Waals surface area contributed by atoms with Crippen molar-refractivity contribution in [1.82, 2.24) is 20.4 Å². The molecule has 4 rings (SSSR count). The van der Waals surface area contributed by atoms with Gasteiger partial charge in [-0.15, -0.1) is 0 Å². The lowest BCUT2D eigenvalue weighted by molar-refractivity contribution is 0.0548. The molecular weight excluding hydrogens is 395 g/mol. The molecule has 1 aliphatic rings. The maximum Gasteiger partial charge on any atom is 0.272 e. The van der Waals surface area contributed by atoms with E-state index < -0.39 is 5.82 Å². The topological polar surface area (TPSA) is 78.1 Å². The summed E-state index contributed by atoms with van der Waals surface area (Å²) in [6, 6.07) is 12.5. The quantitative estimate of drug-likeness (QED) is 0.613. The van der Waals surface area contributed by atoms with Crippen LogP contribution in [0.3, 0.4) is 0 Å². The second kappa shape index (κ2) is 8.98. The maximum absolute atomic E-state index is 14.5. The van der Waals surface area contributed by atoms with Crippen molar-refractivity contribution in [2.75, 3.05) is 13.1 Å². The Labute approximate surface area is 180 Å². The van der Waals surface area contributed by atoms with E-state index in [9.17, 15) is 14.0 Å². The molecule has 1 unspecified atom stereocenters. The van der Waals surface area contributed by atoms with Gasteiger partial charge < -0.3 is 10.2 Å². The monoisotopic (exact) mass is 422 g/mol. The van der Waals surface area contributed by atoms with Gasteiger partial charge >= 0.3 is 0 Å². The third-order valence-corrected chi connectivity index (χ3v) is 5.82. The lowest BCUT2D eigenvalue weighted by atomic mass is 10.00. The molecule has 0 radical (unpaired) electrons. The van der Waals surface area contributed by atoms with Gasteiger partial charge in [-0.1, -0.05) is 37.6 Å². The van der Waals surface area contributed by atoms with E-state index in [0.29, 0.717) is 36.6 Å². The van der Waals surface area contributed by atoms with Crippen molar-refractivity contribution in [3.63, 3.8) is 0 Å². The summed E-state index contributed by atoms with van der Waals surface area (Å²) in [6.07, 6.45) is 2.59. The highest BCUT2D eigenvalue weighted by molar-refractivity contribution is 5.95. The van der Waals surface area contributed by atoms with Gasteiger partial charge in [0.15, 0.2) is 0 Å². The first-order valence-corrected chi connectivity index (χ1v) is 10.8. The van der Waals surface area contributed by atoms with Gasteiger partial charge in [0.2, 0.25) is 0 Å². The zero-order valence-corrected chi connectivity index (χ0v) is 17.8. The molecule has 7 heteroatoms. The van der Waals surface area contributed by atoms with Gasteiger partial charge in [0.05, 0.1) is 16.6 Å². The fourth-order valence-electron chi connectivity index (χ4n) is 4.18. The number of benzene rings is 2. The first-order chi connectivity index (χ1) is 15.0. The van der Waals surface area contributed by atoms with E-state index in [-0.39, 0.29) is 23.1 Å². The van der Waals surface area contributed by atoms with E-state index >= 15 is 0 Å². The van der Waals surface area contributed by atoms with E-state index in [4.69, 9.17) is 0 Å². The summed E-state index contributed by atoms with van der Waals surface area (Å²) in [5.41, 5.74) is 1.27. The van der Waals surface area contributed by atoms with Gasteiger partial charge in [-0.3, -0.25) is 9.59 Å². The molecule has 162 valence electrons. The summed E-state index contributed by atoms with van der Waals surface area (Å²) in [5, 5.41) is 11.5. The number of hydrogen-bond acceptors (Lipinski definition) is 4. The number of carbonyl (C=O) groups is 1. The first-order valence-electron chi connectivity index (χ1n) is 10.8. The van der Waals surface area contributed by atoms with Crippen LogP contribution in [0, 0.1) is 5.82 Å². The predicted molar refractivity (Wildman–Crippen MR) is 119 cm³/mol. The summed E-state index contributed by atoms with van der Waals surface area (Å²) in [7, 11) is 0. The van der Waals surface area contributed by atoms with Crippen LogP contribution in [0.2, 0.25) is 0 Å². The van der Waals surface area contributed by atoms with Gasteiger partial charge in [-0.05, 0) is 37.1 Å². The number of likely N-dealkylation sites (tertiary alicyclic amines) is 1. The van der Waals surface area contributed by atoms with Crippen LogP contribution in [-0.4, -0.2) is 46.2 Å². The Kier molecular flexibility index (Phi) is 6.13. The number of amides is 1. The normalized spacial score (nSPS) is 15.1. The second-order valence-corrected chi connectivity index (χ2v) is 8.30. The van der Waals surface area contributed by atoms with Crippen LogP contribution < -0.4 is 10.9 Å². The molecule has 3 aromatic rings. The standard InChI is InChI=1S/C24H27FN4O2/c1-3-6-15(2)26-17-13-29(14-17)24(31)20-11-16(9-10-21(20)25)12-22-18-7-4-5-8-19(18)23(30)28-27-22/h4-5,7-11,15,17,26H,3,6,12-14H2,1-2H3,(H,28,30). The van der Waals surface area contributed by atoms with Crippen LogP contribution in [0.5, 0.6) is 0 Å². The predicted octanol–water partition coefficient (Wildman–Crippen LogP) is 3.26. The number of halogens is 1.